The predicted molar refractivity (Wildman–Crippen MR) is 139 cm³/mol. The Morgan fingerprint density at radius 3 is 2.49 bits per heavy atom. The molecule has 0 unspecified atom stereocenters. The van der Waals surface area contributed by atoms with Gasteiger partial charge in [-0.1, -0.05) is 49.6 Å². The van der Waals surface area contributed by atoms with E-state index in [1.54, 1.807) is 19.2 Å². The van der Waals surface area contributed by atoms with Crippen molar-refractivity contribution in [3.05, 3.63) is 83.4 Å². The Morgan fingerprint density at radius 1 is 0.946 bits per heavy atom. The van der Waals surface area contributed by atoms with Crippen molar-refractivity contribution in [1.29, 1.82) is 0 Å². The van der Waals surface area contributed by atoms with Crippen molar-refractivity contribution in [3.63, 3.8) is 0 Å². The molecule has 0 bridgehead atoms. The lowest BCUT2D eigenvalue weighted by Gasteiger charge is -2.46. The van der Waals surface area contributed by atoms with Gasteiger partial charge in [0.05, 0.1) is 19.1 Å². The molecule has 0 spiro atoms. The standard InChI is InChI=1S/C30H30N2O5/c1-35-22-14-11-19(12-15-22)28-27(29(33)31-20-13-16-25-26(17-20)37-18-36-25)23-9-5-6-10-24(23)30(34)32(28)21-7-3-2-4-8-21/h5-6,9-17,21,27-28H,2-4,7-8,18H2,1H3,(H,31,33)/t27-,28-/m1/s1. The van der Waals surface area contributed by atoms with Crippen molar-refractivity contribution >= 4 is 17.5 Å². The average Bonchev–Trinajstić information content (AvgIpc) is 3.41. The Morgan fingerprint density at radius 2 is 1.70 bits per heavy atom. The molecular weight excluding hydrogens is 468 g/mol. The molecule has 1 fully saturated rings. The van der Waals surface area contributed by atoms with Gasteiger partial charge in [0.15, 0.2) is 11.5 Å². The fraction of sp³-hybridized carbons (Fsp3) is 0.333. The summed E-state index contributed by atoms with van der Waals surface area (Å²) in [6.07, 6.45) is 5.23. The topological polar surface area (TPSA) is 77.1 Å². The van der Waals surface area contributed by atoms with E-state index in [9.17, 15) is 9.59 Å². The molecule has 0 aromatic heterocycles. The van der Waals surface area contributed by atoms with Gasteiger partial charge in [-0.15, -0.1) is 0 Å². The second kappa shape index (κ2) is 9.81. The maximum absolute atomic E-state index is 14.1. The first-order valence-electron chi connectivity index (χ1n) is 12.9. The molecule has 3 aliphatic rings. The number of benzene rings is 3. The van der Waals surface area contributed by atoms with E-state index in [0.29, 0.717) is 22.7 Å². The Balaban J connectivity index is 1.45. The van der Waals surface area contributed by atoms with Crippen LogP contribution in [0.5, 0.6) is 17.2 Å². The van der Waals surface area contributed by atoms with Crippen LogP contribution < -0.4 is 19.5 Å². The van der Waals surface area contributed by atoms with Crippen molar-refractivity contribution in [3.8, 4) is 17.2 Å². The Hall–Kier alpha value is -4.00. The van der Waals surface area contributed by atoms with Crippen LogP contribution in [0.3, 0.4) is 0 Å². The Bertz CT molecular complexity index is 1320. The fourth-order valence-electron chi connectivity index (χ4n) is 5.94. The van der Waals surface area contributed by atoms with Crippen LogP contribution in [0.25, 0.3) is 0 Å². The van der Waals surface area contributed by atoms with Crippen LogP contribution in [0.4, 0.5) is 5.69 Å². The zero-order chi connectivity index (χ0) is 25.4. The summed E-state index contributed by atoms with van der Waals surface area (Å²) < 4.78 is 16.3. The van der Waals surface area contributed by atoms with Gasteiger partial charge in [-0.3, -0.25) is 9.59 Å². The van der Waals surface area contributed by atoms with Crippen molar-refractivity contribution in [2.75, 3.05) is 19.2 Å². The van der Waals surface area contributed by atoms with Crippen LogP contribution in [0.15, 0.2) is 66.7 Å². The smallest absolute Gasteiger partial charge is 0.254 e. The summed E-state index contributed by atoms with van der Waals surface area (Å²) >= 11 is 0. The molecule has 3 aromatic carbocycles. The van der Waals surface area contributed by atoms with E-state index in [2.05, 4.69) is 5.32 Å². The lowest BCUT2D eigenvalue weighted by atomic mass is 9.77. The molecule has 7 heteroatoms. The molecule has 1 N–H and O–H groups in total. The van der Waals surface area contributed by atoms with Gasteiger partial charge in [-0.25, -0.2) is 0 Å². The SMILES string of the molecule is COc1ccc([C@@H]2[C@H](C(=O)Nc3ccc4c(c3)OCO4)c3ccccc3C(=O)N2C2CCCCC2)cc1. The Kier molecular flexibility index (Phi) is 6.20. The molecule has 2 heterocycles. The predicted octanol–water partition coefficient (Wildman–Crippen LogP) is 5.68. The van der Waals surface area contributed by atoms with Gasteiger partial charge in [-0.2, -0.15) is 0 Å². The van der Waals surface area contributed by atoms with Gasteiger partial charge in [-0.05, 0) is 54.3 Å². The van der Waals surface area contributed by atoms with Gasteiger partial charge in [0.2, 0.25) is 12.7 Å². The first-order chi connectivity index (χ1) is 18.1. The van der Waals surface area contributed by atoms with Crippen LogP contribution in [-0.4, -0.2) is 36.7 Å². The molecule has 2 aliphatic heterocycles. The summed E-state index contributed by atoms with van der Waals surface area (Å²) in [6, 6.07) is 20.3. The van der Waals surface area contributed by atoms with Crippen LogP contribution in [0, 0.1) is 0 Å². The average molecular weight is 499 g/mol. The third-order valence-corrected chi connectivity index (χ3v) is 7.72. The lowest BCUT2D eigenvalue weighted by Crippen LogP contribution is -2.51. The number of carbonyl (C=O) groups is 2. The van der Waals surface area contributed by atoms with E-state index in [4.69, 9.17) is 14.2 Å². The molecule has 1 aliphatic carbocycles. The van der Waals surface area contributed by atoms with Crippen molar-refractivity contribution < 1.29 is 23.8 Å². The lowest BCUT2D eigenvalue weighted by molar-refractivity contribution is -0.119. The quantitative estimate of drug-likeness (QED) is 0.490. The molecule has 0 saturated heterocycles. The molecular formula is C30H30N2O5. The second-order valence-electron chi connectivity index (χ2n) is 9.84. The fourth-order valence-corrected chi connectivity index (χ4v) is 5.94. The monoisotopic (exact) mass is 498 g/mol. The number of methoxy groups -OCH3 is 1. The van der Waals surface area contributed by atoms with Crippen molar-refractivity contribution in [1.82, 2.24) is 4.90 Å². The number of hydrogen-bond acceptors (Lipinski definition) is 5. The Labute approximate surface area is 216 Å². The number of ether oxygens (including phenoxy) is 3. The third kappa shape index (κ3) is 4.28. The second-order valence-corrected chi connectivity index (χ2v) is 9.84. The van der Waals surface area contributed by atoms with Crippen molar-refractivity contribution in [2.45, 2.75) is 50.1 Å². The number of carbonyl (C=O) groups excluding carboxylic acids is 2. The van der Waals surface area contributed by atoms with Crippen LogP contribution in [0.2, 0.25) is 0 Å². The number of fused-ring (bicyclic) bond motifs is 2. The van der Waals surface area contributed by atoms with E-state index >= 15 is 0 Å². The van der Waals surface area contributed by atoms with Crippen LogP contribution in [-0.2, 0) is 4.79 Å². The number of nitrogens with zero attached hydrogens (tertiary/aromatic N) is 1. The highest BCUT2D eigenvalue weighted by molar-refractivity contribution is 6.04. The summed E-state index contributed by atoms with van der Waals surface area (Å²) in [7, 11) is 1.63. The van der Waals surface area contributed by atoms with Gasteiger partial charge < -0.3 is 24.4 Å². The molecule has 2 amide bonds. The maximum atomic E-state index is 14.1. The van der Waals surface area contributed by atoms with Gasteiger partial charge >= 0.3 is 0 Å². The number of amides is 2. The molecule has 37 heavy (non-hydrogen) atoms. The highest BCUT2D eigenvalue weighted by atomic mass is 16.7. The van der Waals surface area contributed by atoms with Gasteiger partial charge in [0.1, 0.15) is 5.75 Å². The molecule has 2 atom stereocenters. The third-order valence-electron chi connectivity index (χ3n) is 7.72. The van der Waals surface area contributed by atoms with E-state index in [0.717, 1.165) is 42.6 Å². The molecule has 0 radical (unpaired) electrons. The van der Waals surface area contributed by atoms with Crippen LogP contribution >= 0.6 is 0 Å². The molecule has 7 nitrogen and oxygen atoms in total. The van der Waals surface area contributed by atoms with Gasteiger partial charge in [0.25, 0.3) is 5.91 Å². The normalized spacial score (nSPS) is 20.9. The molecule has 190 valence electrons. The minimum absolute atomic E-state index is 0.00422. The number of nitrogens with one attached hydrogen (secondary N) is 1. The van der Waals surface area contributed by atoms with Gasteiger partial charge in [0, 0.05) is 23.4 Å². The summed E-state index contributed by atoms with van der Waals surface area (Å²) in [5.74, 6) is 1.24. The summed E-state index contributed by atoms with van der Waals surface area (Å²) in [4.78, 5) is 30.1. The van der Waals surface area contributed by atoms with Crippen molar-refractivity contribution in [2.24, 2.45) is 0 Å². The maximum Gasteiger partial charge on any atom is 0.254 e. The summed E-state index contributed by atoms with van der Waals surface area (Å²) in [5.41, 5.74) is 2.89. The zero-order valence-electron chi connectivity index (χ0n) is 20.8. The molecule has 1 saturated carbocycles. The number of anilines is 1. The highest BCUT2D eigenvalue weighted by Gasteiger charge is 2.46. The first-order valence-corrected chi connectivity index (χ1v) is 12.9. The number of hydrogen-bond donors (Lipinski definition) is 1. The molecule has 6 rings (SSSR count). The largest absolute Gasteiger partial charge is 0.497 e. The van der Waals surface area contributed by atoms with Crippen LogP contribution in [0.1, 0.15) is 65.5 Å². The zero-order valence-corrected chi connectivity index (χ0v) is 20.8. The van der Waals surface area contributed by atoms with E-state index < -0.39 is 12.0 Å². The van der Waals surface area contributed by atoms with E-state index in [1.807, 2.05) is 59.5 Å². The first kappa shape index (κ1) is 23.4. The minimum Gasteiger partial charge on any atom is -0.497 e. The summed E-state index contributed by atoms with van der Waals surface area (Å²) in [6.45, 7) is 0.167. The highest BCUT2D eigenvalue weighted by Crippen LogP contribution is 2.46. The summed E-state index contributed by atoms with van der Waals surface area (Å²) in [5, 5.41) is 3.11. The molecule has 3 aromatic rings. The number of rotatable bonds is 5. The minimum atomic E-state index is -0.588. The van der Waals surface area contributed by atoms with E-state index in [1.165, 1.54) is 6.42 Å². The van der Waals surface area contributed by atoms with E-state index in [-0.39, 0.29) is 24.6 Å².